The molecule has 0 aliphatic rings. The van der Waals surface area contributed by atoms with E-state index in [1.165, 1.54) is 12.1 Å². The largest absolute Gasteiger partial charge is 0.277 e. The number of rotatable bonds is 3. The van der Waals surface area contributed by atoms with Crippen LogP contribution in [0, 0.1) is 6.92 Å². The molecule has 0 amide bonds. The van der Waals surface area contributed by atoms with Crippen LogP contribution >= 0.6 is 50.5 Å². The fourth-order valence-electron chi connectivity index (χ4n) is 1.33. The fraction of sp³-hybridized carbons (Fsp3) is 0.0909. The summed E-state index contributed by atoms with van der Waals surface area (Å²) in [6.45, 7) is 1.83. The van der Waals surface area contributed by atoms with E-state index in [1.807, 2.05) is 6.92 Å². The molecule has 0 unspecified atom stereocenters. The molecule has 0 radical (unpaired) electrons. The van der Waals surface area contributed by atoms with Crippen molar-refractivity contribution < 1.29 is 8.42 Å². The maximum Gasteiger partial charge on any atom is 0.271 e. The first-order valence-corrected chi connectivity index (χ1v) is 8.88. The fourth-order valence-corrected chi connectivity index (χ4v) is 5.15. The summed E-state index contributed by atoms with van der Waals surface area (Å²) in [5.74, 6) is 0. The van der Waals surface area contributed by atoms with Gasteiger partial charge in [-0.25, -0.2) is 8.42 Å². The Morgan fingerprint density at radius 1 is 1.26 bits per heavy atom. The van der Waals surface area contributed by atoms with Gasteiger partial charge in [-0.1, -0.05) is 23.2 Å². The van der Waals surface area contributed by atoms with Gasteiger partial charge < -0.3 is 0 Å². The summed E-state index contributed by atoms with van der Waals surface area (Å²) in [6.07, 6.45) is 0. The lowest BCUT2D eigenvalue weighted by Gasteiger charge is -2.08. The van der Waals surface area contributed by atoms with Gasteiger partial charge in [0.1, 0.15) is 4.21 Å². The minimum atomic E-state index is -3.64. The van der Waals surface area contributed by atoms with Crippen LogP contribution in [0.15, 0.2) is 32.3 Å². The van der Waals surface area contributed by atoms with Crippen molar-refractivity contribution in [2.45, 2.75) is 11.1 Å². The molecule has 0 fully saturated rings. The summed E-state index contributed by atoms with van der Waals surface area (Å²) in [5.41, 5.74) is 1.17. The van der Waals surface area contributed by atoms with Crippen molar-refractivity contribution in [1.29, 1.82) is 0 Å². The number of anilines is 1. The van der Waals surface area contributed by atoms with Crippen LogP contribution in [-0.2, 0) is 10.0 Å². The van der Waals surface area contributed by atoms with Crippen LogP contribution in [0.3, 0.4) is 0 Å². The predicted molar refractivity (Wildman–Crippen MR) is 84.0 cm³/mol. The lowest BCUT2D eigenvalue weighted by molar-refractivity contribution is 0.603. The number of aryl methyl sites for hydroxylation is 1. The number of benzene rings is 1. The number of nitrogens with one attached hydrogen (secondary N) is 1. The molecule has 1 aromatic heterocycles. The number of halogens is 3. The smallest absolute Gasteiger partial charge is 0.271 e. The second-order valence-corrected chi connectivity index (χ2v) is 8.87. The average molecular weight is 401 g/mol. The molecule has 2 aromatic rings. The average Bonchev–Trinajstić information content (AvgIpc) is 2.64. The van der Waals surface area contributed by atoms with E-state index in [0.717, 1.165) is 20.7 Å². The Hall–Kier alpha value is -0.270. The number of thiophene rings is 1. The van der Waals surface area contributed by atoms with E-state index in [9.17, 15) is 8.42 Å². The highest BCUT2D eigenvalue weighted by Crippen LogP contribution is 2.33. The summed E-state index contributed by atoms with van der Waals surface area (Å²) in [4.78, 5) is 0. The predicted octanol–water partition coefficient (Wildman–Crippen LogP) is 4.93. The summed E-state index contributed by atoms with van der Waals surface area (Å²) >= 11 is 16.2. The molecule has 0 saturated carbocycles. The van der Waals surface area contributed by atoms with Gasteiger partial charge >= 0.3 is 0 Å². The van der Waals surface area contributed by atoms with Gasteiger partial charge in [-0.3, -0.25) is 4.72 Å². The molecule has 0 spiro atoms. The standard InChI is InChI=1S/C11H8BrCl2NO2S2/c1-6-4-10(18-11(6)12)19(16,17)15-9-3-2-7(13)5-8(9)14/h2-5,15H,1H3. The Bertz CT molecular complexity index is 709. The molecule has 0 saturated heterocycles. The zero-order valence-electron chi connectivity index (χ0n) is 9.58. The van der Waals surface area contributed by atoms with E-state index in [4.69, 9.17) is 23.2 Å². The minimum Gasteiger partial charge on any atom is -0.277 e. The normalized spacial score (nSPS) is 11.6. The molecule has 19 heavy (non-hydrogen) atoms. The monoisotopic (exact) mass is 399 g/mol. The Balaban J connectivity index is 2.36. The van der Waals surface area contributed by atoms with E-state index < -0.39 is 10.0 Å². The summed E-state index contributed by atoms with van der Waals surface area (Å²) in [7, 11) is -3.64. The minimum absolute atomic E-state index is 0.225. The van der Waals surface area contributed by atoms with E-state index in [2.05, 4.69) is 20.7 Å². The molecule has 1 N–H and O–H groups in total. The molecular weight excluding hydrogens is 393 g/mol. The quantitative estimate of drug-likeness (QED) is 0.793. The van der Waals surface area contributed by atoms with Gasteiger partial charge in [-0.05, 0) is 52.7 Å². The first kappa shape index (κ1) is 15.1. The first-order valence-electron chi connectivity index (χ1n) is 5.03. The van der Waals surface area contributed by atoms with Crippen LogP contribution in [-0.4, -0.2) is 8.42 Å². The van der Waals surface area contributed by atoms with Crippen molar-refractivity contribution in [3.05, 3.63) is 43.7 Å². The van der Waals surface area contributed by atoms with Crippen LogP contribution in [0.4, 0.5) is 5.69 Å². The molecule has 8 heteroatoms. The Labute approximate surface area is 133 Å². The lowest BCUT2D eigenvalue weighted by Crippen LogP contribution is -2.11. The maximum absolute atomic E-state index is 12.2. The van der Waals surface area contributed by atoms with Crippen molar-refractivity contribution in [2.24, 2.45) is 0 Å². The molecule has 102 valence electrons. The zero-order chi connectivity index (χ0) is 14.2. The van der Waals surface area contributed by atoms with Gasteiger partial charge in [0.15, 0.2) is 0 Å². The Morgan fingerprint density at radius 3 is 2.47 bits per heavy atom. The second kappa shape index (κ2) is 5.61. The SMILES string of the molecule is Cc1cc(S(=O)(=O)Nc2ccc(Cl)cc2Cl)sc1Br. The van der Waals surface area contributed by atoms with Crippen LogP contribution in [0.25, 0.3) is 0 Å². The third-order valence-corrected chi connectivity index (χ3v) is 6.80. The summed E-state index contributed by atoms with van der Waals surface area (Å²) in [5, 5.41) is 0.700. The van der Waals surface area contributed by atoms with Crippen LogP contribution in [0.1, 0.15) is 5.56 Å². The molecule has 1 aromatic carbocycles. The van der Waals surface area contributed by atoms with Gasteiger partial charge in [0.05, 0.1) is 14.5 Å². The number of sulfonamides is 1. The molecule has 0 aliphatic heterocycles. The number of hydrogen-bond donors (Lipinski definition) is 1. The third kappa shape index (κ3) is 3.44. The van der Waals surface area contributed by atoms with Gasteiger partial charge in [0, 0.05) is 5.02 Å². The van der Waals surface area contributed by atoms with Gasteiger partial charge in [-0.15, -0.1) is 11.3 Å². The highest BCUT2D eigenvalue weighted by molar-refractivity contribution is 9.11. The van der Waals surface area contributed by atoms with Crippen molar-refractivity contribution in [3.63, 3.8) is 0 Å². The topological polar surface area (TPSA) is 46.2 Å². The molecular formula is C11H8BrCl2NO2S2. The van der Waals surface area contributed by atoms with Crippen molar-refractivity contribution in [2.75, 3.05) is 4.72 Å². The van der Waals surface area contributed by atoms with E-state index in [-0.39, 0.29) is 9.23 Å². The van der Waals surface area contributed by atoms with Crippen molar-refractivity contribution >= 4 is 66.2 Å². The van der Waals surface area contributed by atoms with Gasteiger partial charge in [0.25, 0.3) is 10.0 Å². The second-order valence-electron chi connectivity index (χ2n) is 3.75. The van der Waals surface area contributed by atoms with Gasteiger partial charge in [-0.2, -0.15) is 0 Å². The summed E-state index contributed by atoms with van der Waals surface area (Å²) in [6, 6.07) is 6.18. The first-order chi connectivity index (χ1) is 8.79. The van der Waals surface area contributed by atoms with E-state index >= 15 is 0 Å². The van der Waals surface area contributed by atoms with Crippen LogP contribution < -0.4 is 4.72 Å². The summed E-state index contributed by atoms with van der Waals surface area (Å²) < 4.78 is 27.8. The Morgan fingerprint density at radius 2 is 1.95 bits per heavy atom. The van der Waals surface area contributed by atoms with Crippen molar-refractivity contribution in [3.8, 4) is 0 Å². The highest BCUT2D eigenvalue weighted by Gasteiger charge is 2.19. The molecule has 0 bridgehead atoms. The molecule has 2 rings (SSSR count). The molecule has 3 nitrogen and oxygen atoms in total. The number of hydrogen-bond acceptors (Lipinski definition) is 3. The molecule has 1 heterocycles. The molecule has 0 aliphatic carbocycles. The maximum atomic E-state index is 12.2. The zero-order valence-corrected chi connectivity index (χ0v) is 14.3. The Kier molecular flexibility index (Phi) is 4.47. The van der Waals surface area contributed by atoms with E-state index in [1.54, 1.807) is 12.1 Å². The molecule has 0 atom stereocenters. The van der Waals surface area contributed by atoms with Crippen molar-refractivity contribution in [1.82, 2.24) is 0 Å². The van der Waals surface area contributed by atoms with Gasteiger partial charge in [0.2, 0.25) is 0 Å². The van der Waals surface area contributed by atoms with Crippen LogP contribution in [0.5, 0.6) is 0 Å². The van der Waals surface area contributed by atoms with Crippen LogP contribution in [0.2, 0.25) is 10.0 Å². The lowest BCUT2D eigenvalue weighted by atomic mass is 10.3. The van der Waals surface area contributed by atoms with E-state index in [0.29, 0.717) is 10.7 Å². The third-order valence-electron chi connectivity index (χ3n) is 2.27. The highest BCUT2D eigenvalue weighted by atomic mass is 79.9.